The molecule has 226 valence electrons. The number of anilines is 1. The largest absolute Gasteiger partial charge is 0.472 e. The maximum atomic E-state index is 15.0. The molecular weight excluding hydrogens is 592 g/mol. The van der Waals surface area contributed by atoms with Crippen molar-refractivity contribution in [1.82, 2.24) is 39.0 Å². The van der Waals surface area contributed by atoms with Crippen LogP contribution in [0.5, 0.6) is 0 Å². The van der Waals surface area contributed by atoms with Gasteiger partial charge >= 0.3 is 7.82 Å². The molecule has 9 atom stereocenters. The first kappa shape index (κ1) is 28.5. The van der Waals surface area contributed by atoms with E-state index in [1.54, 1.807) is 0 Å². The first-order valence-corrected chi connectivity index (χ1v) is 13.7. The van der Waals surface area contributed by atoms with Crippen LogP contribution >= 0.6 is 7.82 Å². The van der Waals surface area contributed by atoms with E-state index in [1.165, 1.54) is 0 Å². The highest BCUT2D eigenvalue weighted by Gasteiger charge is 2.51. The Morgan fingerprint density at radius 2 is 1.69 bits per heavy atom. The summed E-state index contributed by atoms with van der Waals surface area (Å²) in [4.78, 5) is 54.8. The number of nitrogen functional groups attached to an aromatic ring is 1. The van der Waals surface area contributed by atoms with Crippen LogP contribution in [0, 0.1) is 0 Å². The second-order valence-corrected chi connectivity index (χ2v) is 10.8. The van der Waals surface area contributed by atoms with E-state index in [2.05, 4.69) is 29.9 Å². The van der Waals surface area contributed by atoms with Crippen LogP contribution in [0.3, 0.4) is 0 Å². The smallest absolute Gasteiger partial charge is 0.394 e. The van der Waals surface area contributed by atoms with Gasteiger partial charge in [0.25, 0.3) is 11.1 Å². The van der Waals surface area contributed by atoms with Crippen molar-refractivity contribution in [1.29, 1.82) is 0 Å². The number of aromatic nitrogens is 8. The molecule has 1 unspecified atom stereocenters. The number of alkyl halides is 1. The summed E-state index contributed by atoms with van der Waals surface area (Å²) in [7, 11) is -5.12. The number of phosphoric acid groups is 1. The highest BCUT2D eigenvalue weighted by atomic mass is 31.2. The van der Waals surface area contributed by atoms with Crippen molar-refractivity contribution in [2.75, 3.05) is 18.9 Å². The number of nitrogens with one attached hydrogen (secondary N) is 2. The third-order valence-corrected chi connectivity index (χ3v) is 7.79. The maximum absolute atomic E-state index is 15.0. The highest BCUT2D eigenvalue weighted by Crippen LogP contribution is 2.50. The molecular formula is C20H23FN9O11P. The predicted octanol–water partition coefficient (Wildman–Crippen LogP) is -2.82. The first-order chi connectivity index (χ1) is 20.0. The van der Waals surface area contributed by atoms with Crippen LogP contribution < -0.4 is 16.9 Å². The molecule has 20 nitrogen and oxygen atoms in total. The molecule has 0 bridgehead atoms. The van der Waals surface area contributed by atoms with Crippen LogP contribution in [0.15, 0.2) is 28.6 Å². The number of rotatable bonds is 8. The van der Waals surface area contributed by atoms with E-state index >= 15 is 4.39 Å². The van der Waals surface area contributed by atoms with E-state index in [-0.39, 0.29) is 28.3 Å². The second kappa shape index (κ2) is 10.6. The van der Waals surface area contributed by atoms with Gasteiger partial charge in [-0.2, -0.15) is 4.98 Å². The summed E-state index contributed by atoms with van der Waals surface area (Å²) < 4.78 is 51.4. The lowest BCUT2D eigenvalue weighted by atomic mass is 10.1. The lowest BCUT2D eigenvalue weighted by Gasteiger charge is -2.24. The molecule has 0 radical (unpaired) electrons. The molecule has 0 aliphatic carbocycles. The average molecular weight is 615 g/mol. The van der Waals surface area contributed by atoms with Crippen LogP contribution in [0.1, 0.15) is 12.5 Å². The summed E-state index contributed by atoms with van der Waals surface area (Å²) in [5.74, 6) is -0.272. The van der Waals surface area contributed by atoms with E-state index in [9.17, 15) is 34.4 Å². The Bertz CT molecular complexity index is 1790. The number of aromatic amines is 2. The third kappa shape index (κ3) is 4.79. The van der Waals surface area contributed by atoms with Gasteiger partial charge in [0.15, 0.2) is 41.0 Å². The summed E-state index contributed by atoms with van der Waals surface area (Å²) >= 11 is 0. The van der Waals surface area contributed by atoms with Gasteiger partial charge in [0.05, 0.1) is 32.2 Å². The Labute approximate surface area is 231 Å². The molecule has 2 saturated heterocycles. The molecule has 22 heteroatoms. The van der Waals surface area contributed by atoms with E-state index in [0.717, 1.165) is 28.1 Å². The van der Waals surface area contributed by atoms with E-state index in [4.69, 9.17) is 24.3 Å². The Kier molecular flexibility index (Phi) is 7.15. The summed E-state index contributed by atoms with van der Waals surface area (Å²) in [5.41, 5.74) is 3.94. The molecule has 0 aromatic carbocycles. The van der Waals surface area contributed by atoms with Gasteiger partial charge in [-0.3, -0.25) is 32.8 Å². The Hall–Kier alpha value is -3.66. The van der Waals surface area contributed by atoms with Gasteiger partial charge in [-0.1, -0.05) is 0 Å². The fourth-order valence-corrected chi connectivity index (χ4v) is 5.73. The zero-order chi connectivity index (χ0) is 29.9. The number of nitrogens with two attached hydrogens (primary N) is 1. The molecule has 2 aliphatic rings. The van der Waals surface area contributed by atoms with Crippen molar-refractivity contribution in [2.24, 2.45) is 0 Å². The molecule has 8 N–H and O–H groups in total. The van der Waals surface area contributed by atoms with Crippen molar-refractivity contribution < 1.29 is 47.7 Å². The van der Waals surface area contributed by atoms with Gasteiger partial charge in [0, 0.05) is 0 Å². The van der Waals surface area contributed by atoms with Crippen LogP contribution in [0.25, 0.3) is 22.3 Å². The van der Waals surface area contributed by atoms with E-state index < -0.39 is 81.3 Å². The minimum Gasteiger partial charge on any atom is -0.394 e. The molecule has 4 aromatic rings. The van der Waals surface area contributed by atoms with Crippen LogP contribution in [0.2, 0.25) is 0 Å². The Balaban J connectivity index is 1.19. The average Bonchev–Trinajstić information content (AvgIpc) is 3.69. The number of H-pyrrole nitrogens is 2. The molecule has 6 heterocycles. The molecule has 2 aliphatic heterocycles. The van der Waals surface area contributed by atoms with Crippen molar-refractivity contribution in [3.63, 3.8) is 0 Å². The molecule has 2 fully saturated rings. The van der Waals surface area contributed by atoms with Crippen molar-refractivity contribution >= 4 is 36.1 Å². The van der Waals surface area contributed by atoms with Crippen LogP contribution in [-0.2, 0) is 23.1 Å². The third-order valence-electron chi connectivity index (χ3n) is 6.81. The fraction of sp³-hybridized carbons (Fsp3) is 0.500. The van der Waals surface area contributed by atoms with Gasteiger partial charge in [0.2, 0.25) is 5.95 Å². The number of halogens is 1. The minimum absolute atomic E-state index is 0.0266. The van der Waals surface area contributed by atoms with Crippen LogP contribution in [-0.4, -0.2) is 109 Å². The van der Waals surface area contributed by atoms with Gasteiger partial charge < -0.3 is 40.4 Å². The maximum Gasteiger partial charge on any atom is 0.472 e. The van der Waals surface area contributed by atoms with Crippen LogP contribution in [0.4, 0.5) is 10.3 Å². The number of nitrogens with zero attached hydrogens (tertiary/aromatic N) is 6. The lowest BCUT2D eigenvalue weighted by molar-refractivity contribution is -0.0600. The molecule has 42 heavy (non-hydrogen) atoms. The lowest BCUT2D eigenvalue weighted by Crippen LogP contribution is -2.35. The Morgan fingerprint density at radius 1 is 1.02 bits per heavy atom. The topological polar surface area (TPSA) is 288 Å². The minimum atomic E-state index is -5.12. The van der Waals surface area contributed by atoms with Gasteiger partial charge in [-0.15, -0.1) is 0 Å². The van der Waals surface area contributed by atoms with E-state index in [1.807, 2.05) is 0 Å². The fourth-order valence-electron chi connectivity index (χ4n) is 4.80. The van der Waals surface area contributed by atoms with Crippen molar-refractivity contribution in [3.8, 4) is 0 Å². The molecule has 0 amide bonds. The zero-order valence-corrected chi connectivity index (χ0v) is 21.9. The van der Waals surface area contributed by atoms with Crippen molar-refractivity contribution in [2.45, 2.75) is 49.1 Å². The van der Waals surface area contributed by atoms with Gasteiger partial charge in [0.1, 0.15) is 30.5 Å². The molecule has 6 rings (SSSR count). The number of aliphatic hydroxyl groups excluding tert-OH is 3. The number of hydrogen-bond donors (Lipinski definition) is 7. The SMILES string of the molecule is Nc1nc2c(ncn2[C@@H]2O[C@H](CO)[C@@H](O)[C@H]2OP(=O)(O)OC[C@H]2O[C@@H](n3cnc4c(=O)[nH]cnc43)[C@H](F)[C@@H]2O)c(=O)[nH]1. The molecule has 0 spiro atoms. The number of aliphatic hydroxyl groups is 3. The molecule has 4 aromatic heterocycles. The summed E-state index contributed by atoms with van der Waals surface area (Å²) in [6.45, 7) is -1.58. The monoisotopic (exact) mass is 615 g/mol. The molecule has 0 saturated carbocycles. The number of phosphoric ester groups is 1. The summed E-state index contributed by atoms with van der Waals surface area (Å²) in [6, 6.07) is 0. The Morgan fingerprint density at radius 3 is 2.40 bits per heavy atom. The number of fused-ring (bicyclic) bond motifs is 2. The van der Waals surface area contributed by atoms with Gasteiger partial charge in [-0.25, -0.2) is 23.9 Å². The predicted molar refractivity (Wildman–Crippen MR) is 133 cm³/mol. The quantitative estimate of drug-likeness (QED) is 0.0984. The second-order valence-electron chi connectivity index (χ2n) is 9.40. The standard InChI is InChI=1S/C20H23FN9O11P/c21-8-11(32)7(40-18(8)29-4-25-9-14(29)23-3-24-16(9)34)2-38-42(36,37)41-13-12(33)6(1-31)39-19(13)30-5-26-10-15(30)27-20(22)28-17(10)35/h3-8,11-13,18-19,31-33H,1-2H2,(H,36,37)(H,23,24,34)(H3,22,27,28,35)/t6-,7-,8-,11-,12-,13-,18-,19-/m1/s1. The normalized spacial score (nSPS) is 31.3. The zero-order valence-electron chi connectivity index (χ0n) is 21.0. The van der Waals surface area contributed by atoms with Crippen molar-refractivity contribution in [3.05, 3.63) is 39.7 Å². The van der Waals surface area contributed by atoms with Gasteiger partial charge in [-0.05, 0) is 0 Å². The number of hydrogen-bond acceptors (Lipinski definition) is 15. The van der Waals surface area contributed by atoms with E-state index in [0.29, 0.717) is 0 Å². The highest BCUT2D eigenvalue weighted by molar-refractivity contribution is 7.47. The summed E-state index contributed by atoms with van der Waals surface area (Å²) in [6.07, 6.45) is -9.76. The number of ether oxygens (including phenoxy) is 2. The number of imidazole rings is 2. The first-order valence-electron chi connectivity index (χ1n) is 12.2. The summed E-state index contributed by atoms with van der Waals surface area (Å²) in [5, 5.41) is 30.7.